The summed E-state index contributed by atoms with van der Waals surface area (Å²) >= 11 is 0. The van der Waals surface area contributed by atoms with Gasteiger partial charge in [0.15, 0.2) is 0 Å². The van der Waals surface area contributed by atoms with Crippen molar-refractivity contribution in [2.24, 2.45) is 5.92 Å². The lowest BCUT2D eigenvalue weighted by Crippen LogP contribution is -2.49. The fourth-order valence-corrected chi connectivity index (χ4v) is 3.41. The summed E-state index contributed by atoms with van der Waals surface area (Å²) in [5, 5.41) is 17.6. The third-order valence-electron chi connectivity index (χ3n) is 4.94. The van der Waals surface area contributed by atoms with Crippen LogP contribution in [0.3, 0.4) is 0 Å². The molecule has 0 aliphatic carbocycles. The molecule has 3 rings (SSSR count). The van der Waals surface area contributed by atoms with Crippen molar-refractivity contribution in [3.8, 4) is 5.69 Å². The van der Waals surface area contributed by atoms with Crippen molar-refractivity contribution >= 4 is 11.9 Å². The maximum absolute atomic E-state index is 12.7. The number of carbonyl (C=O) groups excluding carboxylic acids is 1. The molecule has 25 heavy (non-hydrogen) atoms. The first-order valence-electron chi connectivity index (χ1n) is 8.48. The molecule has 1 N–H and O–H groups in total. The monoisotopic (exact) mass is 342 g/mol. The average molecular weight is 342 g/mol. The number of rotatable bonds is 4. The van der Waals surface area contributed by atoms with Crippen molar-refractivity contribution in [2.45, 2.75) is 39.2 Å². The van der Waals surface area contributed by atoms with Gasteiger partial charge in [0.2, 0.25) is 5.91 Å². The minimum Gasteiger partial charge on any atom is -0.481 e. The van der Waals surface area contributed by atoms with E-state index in [0.29, 0.717) is 25.1 Å². The normalized spacial score (nSPS) is 20.5. The molecule has 1 aromatic carbocycles. The van der Waals surface area contributed by atoms with Crippen LogP contribution < -0.4 is 0 Å². The molecule has 1 fully saturated rings. The minimum absolute atomic E-state index is 0.0957. The topological polar surface area (TPSA) is 88.3 Å². The van der Waals surface area contributed by atoms with Gasteiger partial charge in [-0.2, -0.15) is 0 Å². The lowest BCUT2D eigenvalue weighted by atomic mass is 9.90. The van der Waals surface area contributed by atoms with Gasteiger partial charge in [-0.15, -0.1) is 5.10 Å². The highest BCUT2D eigenvalue weighted by Gasteiger charge is 2.35. The number of para-hydroxylation sites is 1. The Kier molecular flexibility index (Phi) is 4.83. The molecule has 1 aliphatic heterocycles. The predicted molar refractivity (Wildman–Crippen MR) is 91.3 cm³/mol. The lowest BCUT2D eigenvalue weighted by Gasteiger charge is -2.37. The summed E-state index contributed by atoms with van der Waals surface area (Å²) in [6, 6.07) is 9.32. The summed E-state index contributed by atoms with van der Waals surface area (Å²) in [6.45, 7) is 4.29. The molecular formula is C18H22N4O3. The fourth-order valence-electron chi connectivity index (χ4n) is 3.41. The smallest absolute Gasteiger partial charge is 0.308 e. The second kappa shape index (κ2) is 7.04. The van der Waals surface area contributed by atoms with Gasteiger partial charge in [0.05, 0.1) is 29.4 Å². The second-order valence-corrected chi connectivity index (χ2v) is 6.46. The molecule has 1 amide bonds. The number of carbonyl (C=O) groups is 2. The number of piperidine rings is 1. The standard InChI is InChI=1S/C18H22N4O3/c1-12-15(18(24)25)9-6-10-21(12)17(23)11-16-13(2)22(20-19-16)14-7-4-3-5-8-14/h3-5,7-8,12,15H,6,9-11H2,1-2H3,(H,24,25)/t12-,15-/m1/s1. The van der Waals surface area contributed by atoms with E-state index in [1.54, 1.807) is 9.58 Å². The van der Waals surface area contributed by atoms with Crippen molar-refractivity contribution < 1.29 is 14.7 Å². The van der Waals surface area contributed by atoms with Gasteiger partial charge in [-0.1, -0.05) is 23.4 Å². The highest BCUT2D eigenvalue weighted by molar-refractivity contribution is 5.80. The van der Waals surface area contributed by atoms with Crippen LogP contribution in [-0.2, 0) is 16.0 Å². The second-order valence-electron chi connectivity index (χ2n) is 6.46. The Morgan fingerprint density at radius 2 is 2.00 bits per heavy atom. The zero-order valence-corrected chi connectivity index (χ0v) is 14.4. The zero-order valence-electron chi connectivity index (χ0n) is 14.4. The molecule has 0 bridgehead atoms. The van der Waals surface area contributed by atoms with E-state index >= 15 is 0 Å². The minimum atomic E-state index is -0.837. The molecule has 0 spiro atoms. The van der Waals surface area contributed by atoms with E-state index in [1.165, 1.54) is 0 Å². The summed E-state index contributed by atoms with van der Waals surface area (Å²) in [6.07, 6.45) is 1.46. The van der Waals surface area contributed by atoms with Gasteiger partial charge in [0.25, 0.3) is 0 Å². The first-order chi connectivity index (χ1) is 12.0. The molecule has 7 heteroatoms. The van der Waals surface area contributed by atoms with Crippen LogP contribution in [-0.4, -0.2) is 49.5 Å². The average Bonchev–Trinajstić information content (AvgIpc) is 2.96. The molecule has 7 nitrogen and oxygen atoms in total. The quantitative estimate of drug-likeness (QED) is 0.916. The molecule has 0 radical (unpaired) electrons. The Bertz CT molecular complexity index is 772. The van der Waals surface area contributed by atoms with E-state index in [2.05, 4.69) is 10.3 Å². The van der Waals surface area contributed by atoms with Crippen molar-refractivity contribution in [3.05, 3.63) is 41.7 Å². The molecule has 1 aliphatic rings. The number of hydrogen-bond donors (Lipinski definition) is 1. The van der Waals surface area contributed by atoms with Crippen LogP contribution in [0.1, 0.15) is 31.2 Å². The van der Waals surface area contributed by atoms with Crippen molar-refractivity contribution in [1.29, 1.82) is 0 Å². The number of aromatic nitrogens is 3. The van der Waals surface area contributed by atoms with Crippen LogP contribution >= 0.6 is 0 Å². The van der Waals surface area contributed by atoms with Crippen LogP contribution in [0.2, 0.25) is 0 Å². The van der Waals surface area contributed by atoms with Gasteiger partial charge >= 0.3 is 5.97 Å². The third-order valence-corrected chi connectivity index (χ3v) is 4.94. The highest BCUT2D eigenvalue weighted by atomic mass is 16.4. The van der Waals surface area contributed by atoms with Crippen LogP contribution in [0.25, 0.3) is 5.69 Å². The zero-order chi connectivity index (χ0) is 18.0. The van der Waals surface area contributed by atoms with Gasteiger partial charge in [-0.25, -0.2) is 4.68 Å². The van der Waals surface area contributed by atoms with Gasteiger partial charge in [0, 0.05) is 12.6 Å². The molecule has 2 heterocycles. The summed E-state index contributed by atoms with van der Waals surface area (Å²) in [5.74, 6) is -1.43. The van der Waals surface area contributed by atoms with E-state index in [0.717, 1.165) is 11.4 Å². The van der Waals surface area contributed by atoms with E-state index < -0.39 is 11.9 Å². The maximum atomic E-state index is 12.7. The number of carboxylic acids is 1. The van der Waals surface area contributed by atoms with E-state index in [1.807, 2.05) is 44.2 Å². The summed E-state index contributed by atoms with van der Waals surface area (Å²) in [7, 11) is 0. The van der Waals surface area contributed by atoms with E-state index in [-0.39, 0.29) is 18.4 Å². The van der Waals surface area contributed by atoms with Gasteiger partial charge < -0.3 is 10.0 Å². The SMILES string of the molecule is Cc1c(CC(=O)N2CCC[C@@H](C(=O)O)[C@H]2C)nnn1-c1ccccc1. The van der Waals surface area contributed by atoms with Crippen molar-refractivity contribution in [3.63, 3.8) is 0 Å². The molecule has 1 saturated heterocycles. The molecule has 1 aromatic heterocycles. The first kappa shape index (κ1) is 17.1. The first-order valence-corrected chi connectivity index (χ1v) is 8.48. The molecule has 2 aromatic rings. The van der Waals surface area contributed by atoms with Crippen LogP contribution in [0.15, 0.2) is 30.3 Å². The van der Waals surface area contributed by atoms with Crippen LogP contribution in [0, 0.1) is 12.8 Å². The van der Waals surface area contributed by atoms with Crippen LogP contribution in [0.4, 0.5) is 0 Å². The molecule has 2 atom stereocenters. The Balaban J connectivity index is 1.75. The maximum Gasteiger partial charge on any atom is 0.308 e. The lowest BCUT2D eigenvalue weighted by molar-refractivity contribution is -0.148. The number of nitrogens with zero attached hydrogens (tertiary/aromatic N) is 4. The molecule has 0 saturated carbocycles. The van der Waals surface area contributed by atoms with Crippen LogP contribution in [0.5, 0.6) is 0 Å². The van der Waals surface area contributed by atoms with Gasteiger partial charge in [-0.3, -0.25) is 9.59 Å². The Morgan fingerprint density at radius 3 is 2.68 bits per heavy atom. The number of benzene rings is 1. The Hall–Kier alpha value is -2.70. The van der Waals surface area contributed by atoms with Gasteiger partial charge in [-0.05, 0) is 38.8 Å². The number of carboxylic acid groups (broad SMARTS) is 1. The largest absolute Gasteiger partial charge is 0.481 e. The van der Waals surface area contributed by atoms with E-state index in [9.17, 15) is 14.7 Å². The molecule has 132 valence electrons. The summed E-state index contributed by atoms with van der Waals surface area (Å²) in [4.78, 5) is 25.7. The van der Waals surface area contributed by atoms with Crippen molar-refractivity contribution in [2.75, 3.05) is 6.54 Å². The number of amides is 1. The molecule has 0 unspecified atom stereocenters. The Labute approximate surface area is 146 Å². The fraction of sp³-hybridized carbons (Fsp3) is 0.444. The van der Waals surface area contributed by atoms with E-state index in [4.69, 9.17) is 0 Å². The summed E-state index contributed by atoms with van der Waals surface area (Å²) in [5.41, 5.74) is 2.33. The predicted octanol–water partition coefficient (Wildman–Crippen LogP) is 1.83. The number of aliphatic carboxylic acids is 1. The number of hydrogen-bond acceptors (Lipinski definition) is 4. The molecular weight excluding hydrogens is 320 g/mol. The number of likely N-dealkylation sites (tertiary alicyclic amines) is 1. The highest BCUT2D eigenvalue weighted by Crippen LogP contribution is 2.24. The summed E-state index contributed by atoms with van der Waals surface area (Å²) < 4.78 is 1.71. The Morgan fingerprint density at radius 1 is 1.28 bits per heavy atom. The van der Waals surface area contributed by atoms with Gasteiger partial charge in [0.1, 0.15) is 0 Å². The third kappa shape index (κ3) is 3.40. The van der Waals surface area contributed by atoms with Crippen molar-refractivity contribution in [1.82, 2.24) is 19.9 Å².